The maximum Gasteiger partial charge on any atom is 0.214 e. The number of aromatic nitrogens is 4. The van der Waals surface area contributed by atoms with Gasteiger partial charge in [0.25, 0.3) is 0 Å². The molecule has 0 radical (unpaired) electrons. The van der Waals surface area contributed by atoms with Crippen LogP contribution in [0.15, 0.2) is 29.4 Å². The van der Waals surface area contributed by atoms with Crippen LogP contribution in [-0.4, -0.2) is 35.4 Å². The molecule has 1 atom stereocenters. The first-order valence-electron chi connectivity index (χ1n) is 5.65. The molecule has 1 aliphatic rings. The molecule has 1 aliphatic carbocycles. The number of halogens is 2. The Bertz CT molecular complexity index is 587. The van der Waals surface area contributed by atoms with Gasteiger partial charge in [-0.25, -0.2) is 0 Å². The molecule has 1 heterocycles. The van der Waals surface area contributed by atoms with Crippen molar-refractivity contribution >= 4 is 35.0 Å². The van der Waals surface area contributed by atoms with Crippen LogP contribution in [0.25, 0.3) is 5.69 Å². The fraction of sp³-hybridized carbons (Fsp3) is 0.364. The Morgan fingerprint density at radius 3 is 2.68 bits per heavy atom. The zero-order valence-corrected chi connectivity index (χ0v) is 12.0. The Morgan fingerprint density at radius 1 is 1.37 bits per heavy atom. The number of phenolic OH excluding ortho intramolecular Hbond substituents is 1. The largest absolute Gasteiger partial charge is 0.508 e. The van der Waals surface area contributed by atoms with Gasteiger partial charge in [0, 0.05) is 11.7 Å². The Kier molecular flexibility index (Phi) is 3.32. The third-order valence-electron chi connectivity index (χ3n) is 2.90. The molecule has 19 heavy (non-hydrogen) atoms. The first-order chi connectivity index (χ1) is 9.06. The smallest absolute Gasteiger partial charge is 0.214 e. The van der Waals surface area contributed by atoms with E-state index < -0.39 is 4.33 Å². The molecule has 2 aromatic rings. The fourth-order valence-corrected chi connectivity index (χ4v) is 3.47. The van der Waals surface area contributed by atoms with Crippen LogP contribution in [0.3, 0.4) is 0 Å². The van der Waals surface area contributed by atoms with Gasteiger partial charge in [-0.05, 0) is 41.1 Å². The van der Waals surface area contributed by atoms with Crippen LogP contribution in [0.5, 0.6) is 5.75 Å². The summed E-state index contributed by atoms with van der Waals surface area (Å²) < 4.78 is 1.04. The Labute approximate surface area is 123 Å². The van der Waals surface area contributed by atoms with Gasteiger partial charge in [0.2, 0.25) is 5.16 Å². The van der Waals surface area contributed by atoms with Crippen LogP contribution in [0.4, 0.5) is 0 Å². The second-order valence-corrected chi connectivity index (χ2v) is 6.89. The van der Waals surface area contributed by atoms with Crippen LogP contribution >= 0.6 is 35.0 Å². The highest BCUT2D eigenvalue weighted by Crippen LogP contribution is 2.54. The molecule has 1 aromatic heterocycles. The standard InChI is InChI=1S/C11H10Cl2N4OS/c12-11(13)5-7(11)6-19-10-14-15-16-17(10)8-1-3-9(18)4-2-8/h1-4,7,18H,5-6H2/t7-/m0/s1. The molecule has 5 nitrogen and oxygen atoms in total. The number of thioether (sulfide) groups is 1. The number of benzene rings is 1. The van der Waals surface area contributed by atoms with Crippen molar-refractivity contribution in [2.45, 2.75) is 15.9 Å². The number of nitrogens with zero attached hydrogens (tertiary/aromatic N) is 4. The summed E-state index contributed by atoms with van der Waals surface area (Å²) in [5.41, 5.74) is 0.795. The Balaban J connectivity index is 1.73. The molecule has 0 amide bonds. The normalized spacial score (nSPS) is 20.4. The average Bonchev–Trinajstić information content (AvgIpc) is 2.79. The molecule has 8 heteroatoms. The summed E-state index contributed by atoms with van der Waals surface area (Å²) in [6.07, 6.45) is 0.809. The van der Waals surface area contributed by atoms with Gasteiger partial charge >= 0.3 is 0 Å². The predicted molar refractivity (Wildman–Crippen MR) is 74.1 cm³/mol. The molecule has 1 N–H and O–H groups in total. The van der Waals surface area contributed by atoms with Gasteiger partial charge in [-0.1, -0.05) is 11.8 Å². The van der Waals surface area contributed by atoms with Gasteiger partial charge in [-0.2, -0.15) is 4.68 Å². The number of hydrogen-bond acceptors (Lipinski definition) is 5. The fourth-order valence-electron chi connectivity index (χ4n) is 1.65. The molecule has 0 bridgehead atoms. The zero-order valence-electron chi connectivity index (χ0n) is 9.70. The van der Waals surface area contributed by atoms with Crippen LogP contribution in [-0.2, 0) is 0 Å². The summed E-state index contributed by atoms with van der Waals surface area (Å²) in [6, 6.07) is 6.68. The number of rotatable bonds is 4. The number of aromatic hydroxyl groups is 1. The summed E-state index contributed by atoms with van der Waals surface area (Å²) in [5, 5.41) is 21.5. The lowest BCUT2D eigenvalue weighted by molar-refractivity contribution is 0.475. The maximum atomic E-state index is 9.27. The van der Waals surface area contributed by atoms with E-state index in [1.54, 1.807) is 28.9 Å². The SMILES string of the molecule is Oc1ccc(-n2nnnc2SC[C@@H]2CC2(Cl)Cl)cc1. The highest BCUT2D eigenvalue weighted by atomic mass is 35.5. The molecule has 0 saturated heterocycles. The van der Waals surface area contributed by atoms with Crippen LogP contribution in [0, 0.1) is 5.92 Å². The van der Waals surface area contributed by atoms with Gasteiger partial charge in [-0.15, -0.1) is 28.3 Å². The van der Waals surface area contributed by atoms with Crippen molar-refractivity contribution in [3.8, 4) is 11.4 Å². The first-order valence-corrected chi connectivity index (χ1v) is 7.39. The van der Waals surface area contributed by atoms with Crippen molar-refractivity contribution in [3.63, 3.8) is 0 Å². The van der Waals surface area contributed by atoms with E-state index in [9.17, 15) is 5.11 Å². The summed E-state index contributed by atoms with van der Waals surface area (Å²) in [7, 11) is 0. The van der Waals surface area contributed by atoms with Crippen molar-refractivity contribution in [2.24, 2.45) is 5.92 Å². The van der Waals surface area contributed by atoms with E-state index in [4.69, 9.17) is 23.2 Å². The topological polar surface area (TPSA) is 63.8 Å². The maximum absolute atomic E-state index is 9.27. The summed E-state index contributed by atoms with van der Waals surface area (Å²) >= 11 is 13.5. The quantitative estimate of drug-likeness (QED) is 0.694. The van der Waals surface area contributed by atoms with Gasteiger partial charge in [0.05, 0.1) is 5.69 Å². The first kappa shape index (κ1) is 13.0. The van der Waals surface area contributed by atoms with Crippen molar-refractivity contribution in [1.82, 2.24) is 20.2 Å². The summed E-state index contributed by atoms with van der Waals surface area (Å²) in [6.45, 7) is 0. The van der Waals surface area contributed by atoms with Crippen molar-refractivity contribution < 1.29 is 5.11 Å². The third kappa shape index (κ3) is 2.80. The molecular formula is C11H10Cl2N4OS. The second kappa shape index (κ2) is 4.85. The number of tetrazole rings is 1. The van der Waals surface area contributed by atoms with E-state index >= 15 is 0 Å². The lowest BCUT2D eigenvalue weighted by Crippen LogP contribution is -2.00. The van der Waals surface area contributed by atoms with Gasteiger partial charge in [0.15, 0.2) is 0 Å². The molecule has 0 spiro atoms. The minimum Gasteiger partial charge on any atom is -0.508 e. The Morgan fingerprint density at radius 2 is 2.05 bits per heavy atom. The molecule has 1 fully saturated rings. The zero-order chi connectivity index (χ0) is 13.5. The molecule has 0 aliphatic heterocycles. The van der Waals surface area contributed by atoms with E-state index in [0.717, 1.165) is 17.9 Å². The van der Waals surface area contributed by atoms with Gasteiger partial charge in [-0.3, -0.25) is 0 Å². The minimum absolute atomic E-state index is 0.207. The molecular weight excluding hydrogens is 307 g/mol. The summed E-state index contributed by atoms with van der Waals surface area (Å²) in [5.74, 6) is 1.27. The lowest BCUT2D eigenvalue weighted by atomic mass is 10.3. The monoisotopic (exact) mass is 316 g/mol. The van der Waals surface area contributed by atoms with E-state index in [0.29, 0.717) is 5.16 Å². The minimum atomic E-state index is -0.580. The van der Waals surface area contributed by atoms with E-state index in [-0.39, 0.29) is 11.7 Å². The van der Waals surface area contributed by atoms with Crippen molar-refractivity contribution in [2.75, 3.05) is 5.75 Å². The average molecular weight is 317 g/mol. The van der Waals surface area contributed by atoms with Crippen molar-refractivity contribution in [3.05, 3.63) is 24.3 Å². The second-order valence-electron chi connectivity index (χ2n) is 4.36. The number of hydrogen-bond donors (Lipinski definition) is 1. The number of alkyl halides is 2. The number of phenols is 1. The van der Waals surface area contributed by atoms with E-state index in [1.807, 2.05) is 0 Å². The van der Waals surface area contributed by atoms with E-state index in [2.05, 4.69) is 15.5 Å². The molecule has 100 valence electrons. The van der Waals surface area contributed by atoms with Crippen LogP contribution < -0.4 is 0 Å². The van der Waals surface area contributed by atoms with Gasteiger partial charge in [0.1, 0.15) is 10.1 Å². The van der Waals surface area contributed by atoms with Crippen LogP contribution in [0.1, 0.15) is 6.42 Å². The predicted octanol–water partition coefficient (Wildman–Crippen LogP) is 2.65. The summed E-state index contributed by atoms with van der Waals surface area (Å²) in [4.78, 5) is 0. The molecule has 3 rings (SSSR count). The lowest BCUT2D eigenvalue weighted by Gasteiger charge is -2.04. The third-order valence-corrected chi connectivity index (χ3v) is 4.91. The van der Waals surface area contributed by atoms with E-state index in [1.165, 1.54) is 11.8 Å². The van der Waals surface area contributed by atoms with Crippen molar-refractivity contribution in [1.29, 1.82) is 0 Å². The molecule has 1 saturated carbocycles. The highest BCUT2D eigenvalue weighted by molar-refractivity contribution is 7.99. The van der Waals surface area contributed by atoms with Crippen LogP contribution in [0.2, 0.25) is 0 Å². The van der Waals surface area contributed by atoms with Gasteiger partial charge < -0.3 is 5.11 Å². The highest BCUT2D eigenvalue weighted by Gasteiger charge is 2.51. The Hall–Kier alpha value is -0.980. The molecule has 0 unspecified atom stereocenters. The molecule has 1 aromatic carbocycles.